The summed E-state index contributed by atoms with van der Waals surface area (Å²) in [6.45, 7) is 3.23. The third-order valence-electron chi connectivity index (χ3n) is 5.48. The third-order valence-corrected chi connectivity index (χ3v) is 5.48. The highest BCUT2D eigenvalue weighted by molar-refractivity contribution is 5.97. The van der Waals surface area contributed by atoms with E-state index in [1.165, 1.54) is 10.9 Å². The van der Waals surface area contributed by atoms with Gasteiger partial charge in [0.2, 0.25) is 0 Å². The Bertz CT molecular complexity index is 1130. The van der Waals surface area contributed by atoms with Crippen LogP contribution in [0.4, 0.5) is 0 Å². The summed E-state index contributed by atoms with van der Waals surface area (Å²) in [6, 6.07) is 4.94. The number of nitrogens with zero attached hydrogens (tertiary/aromatic N) is 6. The highest BCUT2D eigenvalue weighted by atomic mass is 16.2. The number of aromatic nitrogens is 5. The fourth-order valence-electron chi connectivity index (χ4n) is 3.68. The second kappa shape index (κ2) is 5.73. The van der Waals surface area contributed by atoms with Crippen molar-refractivity contribution in [3.8, 4) is 0 Å². The normalized spacial score (nSPS) is 19.3. The molecule has 1 fully saturated rings. The fourth-order valence-corrected chi connectivity index (χ4v) is 3.68. The van der Waals surface area contributed by atoms with Crippen molar-refractivity contribution in [3.05, 3.63) is 52.1 Å². The van der Waals surface area contributed by atoms with Crippen LogP contribution in [0.15, 0.2) is 29.3 Å². The number of amides is 1. The molecular formula is C19H20N6O2. The maximum absolute atomic E-state index is 13.1. The number of rotatable bonds is 2. The molecule has 1 aliphatic heterocycles. The average Bonchev–Trinajstić information content (AvgIpc) is 3.43. The van der Waals surface area contributed by atoms with Crippen LogP contribution in [0.2, 0.25) is 0 Å². The summed E-state index contributed by atoms with van der Waals surface area (Å²) in [4.78, 5) is 36.1. The topological polar surface area (TPSA) is 85.9 Å². The van der Waals surface area contributed by atoms with Crippen LogP contribution in [0.1, 0.15) is 53.7 Å². The van der Waals surface area contributed by atoms with Crippen molar-refractivity contribution >= 4 is 16.8 Å². The van der Waals surface area contributed by atoms with Gasteiger partial charge in [0.05, 0.1) is 29.8 Å². The number of benzene rings is 1. The molecule has 0 bridgehead atoms. The molecule has 27 heavy (non-hydrogen) atoms. The molecule has 3 aromatic rings. The molecule has 1 saturated carbocycles. The maximum Gasteiger partial charge on any atom is 0.260 e. The molecule has 5 rings (SSSR count). The SMILES string of the molecule is C[C@@H]1c2nc(C3CC3)nn2CCN1C(=O)c1ccc2c(=O)n(C)cnc2c1. The molecule has 8 heteroatoms. The number of carbonyl (C=O) groups is 1. The second-order valence-corrected chi connectivity index (χ2v) is 7.39. The Labute approximate surface area is 155 Å². The zero-order valence-electron chi connectivity index (χ0n) is 15.3. The Hall–Kier alpha value is -3.03. The lowest BCUT2D eigenvalue weighted by atomic mass is 10.1. The Kier molecular flexibility index (Phi) is 3.43. The van der Waals surface area contributed by atoms with Crippen LogP contribution in [0, 0.1) is 0 Å². The molecule has 3 heterocycles. The minimum atomic E-state index is -0.140. The van der Waals surface area contributed by atoms with Gasteiger partial charge in [-0.1, -0.05) is 0 Å². The van der Waals surface area contributed by atoms with Crippen molar-refractivity contribution in [3.63, 3.8) is 0 Å². The molecule has 138 valence electrons. The molecule has 1 atom stereocenters. The maximum atomic E-state index is 13.1. The van der Waals surface area contributed by atoms with E-state index in [0.29, 0.717) is 35.5 Å². The summed E-state index contributed by atoms with van der Waals surface area (Å²) in [5.74, 6) is 2.18. The zero-order valence-corrected chi connectivity index (χ0v) is 15.3. The van der Waals surface area contributed by atoms with Gasteiger partial charge in [0.25, 0.3) is 11.5 Å². The van der Waals surface area contributed by atoms with Crippen LogP contribution in [0.25, 0.3) is 10.9 Å². The van der Waals surface area contributed by atoms with E-state index in [2.05, 4.69) is 10.1 Å². The Balaban J connectivity index is 1.47. The monoisotopic (exact) mass is 364 g/mol. The van der Waals surface area contributed by atoms with Crippen molar-refractivity contribution in [1.29, 1.82) is 0 Å². The van der Waals surface area contributed by atoms with E-state index < -0.39 is 0 Å². The first-order chi connectivity index (χ1) is 13.0. The second-order valence-electron chi connectivity index (χ2n) is 7.39. The summed E-state index contributed by atoms with van der Waals surface area (Å²) in [7, 11) is 1.66. The number of fused-ring (bicyclic) bond motifs is 2. The lowest BCUT2D eigenvalue weighted by Crippen LogP contribution is -2.41. The molecule has 8 nitrogen and oxygen atoms in total. The lowest BCUT2D eigenvalue weighted by Gasteiger charge is -2.33. The Morgan fingerprint density at radius 1 is 1.22 bits per heavy atom. The fraction of sp³-hybridized carbons (Fsp3) is 0.421. The molecule has 0 saturated heterocycles. The summed E-state index contributed by atoms with van der Waals surface area (Å²) in [5.41, 5.74) is 0.948. The molecule has 1 aromatic carbocycles. The minimum absolute atomic E-state index is 0.0749. The molecule has 0 spiro atoms. The molecule has 2 aromatic heterocycles. The van der Waals surface area contributed by atoms with Crippen LogP contribution in [0.3, 0.4) is 0 Å². The van der Waals surface area contributed by atoms with E-state index in [4.69, 9.17) is 4.98 Å². The summed E-state index contributed by atoms with van der Waals surface area (Å²) < 4.78 is 3.37. The van der Waals surface area contributed by atoms with E-state index in [-0.39, 0.29) is 17.5 Å². The standard InChI is InChI=1S/C19H20N6O2/c1-11-17-21-16(12-3-4-12)22-25(17)8-7-24(11)18(26)13-5-6-14-15(9-13)20-10-23(2)19(14)27/h5-6,9-12H,3-4,7-8H2,1-2H3/t11-/m1/s1. The average molecular weight is 364 g/mol. The van der Waals surface area contributed by atoms with E-state index in [1.807, 2.05) is 16.5 Å². The quantitative estimate of drug-likeness (QED) is 0.690. The smallest absolute Gasteiger partial charge is 0.260 e. The predicted molar refractivity (Wildman–Crippen MR) is 98.4 cm³/mol. The van der Waals surface area contributed by atoms with Crippen LogP contribution in [-0.2, 0) is 13.6 Å². The van der Waals surface area contributed by atoms with Gasteiger partial charge in [-0.25, -0.2) is 14.6 Å². The molecule has 0 radical (unpaired) electrons. The first-order valence-corrected chi connectivity index (χ1v) is 9.24. The highest BCUT2D eigenvalue weighted by Crippen LogP contribution is 2.39. The lowest BCUT2D eigenvalue weighted by molar-refractivity contribution is 0.0631. The predicted octanol–water partition coefficient (Wildman–Crippen LogP) is 1.62. The van der Waals surface area contributed by atoms with Crippen LogP contribution in [-0.4, -0.2) is 41.7 Å². The van der Waals surface area contributed by atoms with E-state index in [1.54, 1.807) is 25.2 Å². The summed E-state index contributed by atoms with van der Waals surface area (Å²) >= 11 is 0. The van der Waals surface area contributed by atoms with Gasteiger partial charge in [0, 0.05) is 25.1 Å². The van der Waals surface area contributed by atoms with E-state index in [0.717, 1.165) is 24.5 Å². The molecular weight excluding hydrogens is 344 g/mol. The number of hydrogen-bond donors (Lipinski definition) is 0. The van der Waals surface area contributed by atoms with Crippen molar-refractivity contribution in [1.82, 2.24) is 29.2 Å². The van der Waals surface area contributed by atoms with Crippen molar-refractivity contribution in [2.24, 2.45) is 7.05 Å². The molecule has 0 N–H and O–H groups in total. The Morgan fingerprint density at radius 2 is 2.04 bits per heavy atom. The van der Waals surface area contributed by atoms with Gasteiger partial charge in [0.1, 0.15) is 5.82 Å². The van der Waals surface area contributed by atoms with Crippen molar-refractivity contribution in [2.45, 2.75) is 38.3 Å². The van der Waals surface area contributed by atoms with E-state index in [9.17, 15) is 9.59 Å². The van der Waals surface area contributed by atoms with Gasteiger partial charge in [-0.15, -0.1) is 0 Å². The largest absolute Gasteiger partial charge is 0.327 e. The summed E-state index contributed by atoms with van der Waals surface area (Å²) in [6.07, 6.45) is 3.79. The van der Waals surface area contributed by atoms with Gasteiger partial charge >= 0.3 is 0 Å². The molecule has 1 amide bonds. The van der Waals surface area contributed by atoms with Crippen LogP contribution >= 0.6 is 0 Å². The van der Waals surface area contributed by atoms with Gasteiger partial charge in [-0.3, -0.25) is 9.59 Å². The van der Waals surface area contributed by atoms with E-state index >= 15 is 0 Å². The van der Waals surface area contributed by atoms with Gasteiger partial charge < -0.3 is 9.47 Å². The zero-order chi connectivity index (χ0) is 18.7. The third kappa shape index (κ3) is 2.55. The van der Waals surface area contributed by atoms with Crippen LogP contribution in [0.5, 0.6) is 0 Å². The van der Waals surface area contributed by atoms with Crippen LogP contribution < -0.4 is 5.56 Å². The van der Waals surface area contributed by atoms with Gasteiger partial charge in [-0.2, -0.15) is 5.10 Å². The van der Waals surface area contributed by atoms with Gasteiger partial charge in [-0.05, 0) is 38.0 Å². The molecule has 2 aliphatic rings. The molecule has 1 aliphatic carbocycles. The van der Waals surface area contributed by atoms with Gasteiger partial charge in [0.15, 0.2) is 5.82 Å². The number of aryl methyl sites for hydroxylation is 1. The van der Waals surface area contributed by atoms with Crippen molar-refractivity contribution in [2.75, 3.05) is 6.54 Å². The summed E-state index contributed by atoms with van der Waals surface area (Å²) in [5, 5.41) is 5.12. The first-order valence-electron chi connectivity index (χ1n) is 9.24. The Morgan fingerprint density at radius 3 is 2.81 bits per heavy atom. The first kappa shape index (κ1) is 16.2. The number of hydrogen-bond acceptors (Lipinski definition) is 5. The molecule has 0 unspecified atom stereocenters. The van der Waals surface area contributed by atoms with Crippen molar-refractivity contribution < 1.29 is 4.79 Å². The minimum Gasteiger partial charge on any atom is -0.327 e. The number of carbonyl (C=O) groups excluding carboxylic acids is 1. The highest BCUT2D eigenvalue weighted by Gasteiger charge is 2.34.